The van der Waals surface area contributed by atoms with E-state index >= 15 is 0 Å². The van der Waals surface area contributed by atoms with Gasteiger partial charge in [0.1, 0.15) is 6.26 Å². The van der Waals surface area contributed by atoms with Gasteiger partial charge in [0.2, 0.25) is 0 Å². The van der Waals surface area contributed by atoms with Crippen LogP contribution in [-0.4, -0.2) is 24.1 Å². The van der Waals surface area contributed by atoms with E-state index < -0.39 is 0 Å². The molecule has 0 radical (unpaired) electrons. The SMILES string of the molecule is COC(=O)[C@@H](C)Cc1ccc(NC(=O)c2ccon2)cc1. The van der Waals surface area contributed by atoms with Crippen LogP contribution >= 0.6 is 0 Å². The minimum absolute atomic E-state index is 0.203. The molecule has 6 nitrogen and oxygen atoms in total. The number of benzene rings is 1. The van der Waals surface area contributed by atoms with Gasteiger partial charge in [0.05, 0.1) is 13.0 Å². The third-order valence-corrected chi connectivity index (χ3v) is 3.03. The van der Waals surface area contributed by atoms with Crippen LogP contribution in [-0.2, 0) is 16.0 Å². The van der Waals surface area contributed by atoms with Crippen LogP contribution in [0.2, 0.25) is 0 Å². The zero-order valence-electron chi connectivity index (χ0n) is 11.8. The lowest BCUT2D eigenvalue weighted by Crippen LogP contribution is -2.15. The minimum Gasteiger partial charge on any atom is -0.469 e. The zero-order chi connectivity index (χ0) is 15.2. The Kier molecular flexibility index (Phi) is 4.71. The molecule has 1 atom stereocenters. The lowest BCUT2D eigenvalue weighted by Gasteiger charge is -2.09. The Hall–Kier alpha value is -2.63. The van der Waals surface area contributed by atoms with Gasteiger partial charge in [-0.1, -0.05) is 24.2 Å². The monoisotopic (exact) mass is 288 g/mol. The highest BCUT2D eigenvalue weighted by Crippen LogP contribution is 2.14. The molecule has 0 aliphatic carbocycles. The lowest BCUT2D eigenvalue weighted by molar-refractivity contribution is -0.144. The standard InChI is InChI=1S/C15H16N2O4/c1-10(15(19)20-2)9-11-3-5-12(6-4-11)16-14(18)13-7-8-21-17-13/h3-8,10H,9H2,1-2H3,(H,16,18)/t10-/m0/s1. The molecule has 0 fully saturated rings. The normalized spacial score (nSPS) is 11.7. The predicted octanol–water partition coefficient (Wildman–Crippen LogP) is 2.28. The van der Waals surface area contributed by atoms with Gasteiger partial charge in [-0.05, 0) is 24.1 Å². The summed E-state index contributed by atoms with van der Waals surface area (Å²) in [6.07, 6.45) is 1.93. The number of carbonyl (C=O) groups excluding carboxylic acids is 2. The van der Waals surface area contributed by atoms with Crippen molar-refractivity contribution in [2.75, 3.05) is 12.4 Å². The highest BCUT2D eigenvalue weighted by Gasteiger charge is 2.14. The quantitative estimate of drug-likeness (QED) is 0.854. The van der Waals surface area contributed by atoms with Crippen molar-refractivity contribution >= 4 is 17.6 Å². The molecule has 6 heteroatoms. The Morgan fingerprint density at radius 2 is 2.00 bits per heavy atom. The molecule has 0 aliphatic rings. The molecule has 2 aromatic rings. The van der Waals surface area contributed by atoms with Gasteiger partial charge in [0, 0.05) is 11.8 Å². The van der Waals surface area contributed by atoms with Gasteiger partial charge in [0.15, 0.2) is 5.69 Å². The van der Waals surface area contributed by atoms with Crippen LogP contribution in [0, 0.1) is 5.92 Å². The summed E-state index contributed by atoms with van der Waals surface area (Å²) in [7, 11) is 1.38. The van der Waals surface area contributed by atoms with Crippen LogP contribution < -0.4 is 5.32 Å². The minimum atomic E-state index is -0.334. The van der Waals surface area contributed by atoms with Crippen LogP contribution in [0.5, 0.6) is 0 Å². The van der Waals surface area contributed by atoms with Crippen molar-refractivity contribution in [2.24, 2.45) is 5.92 Å². The van der Waals surface area contributed by atoms with Gasteiger partial charge in [-0.3, -0.25) is 9.59 Å². The van der Waals surface area contributed by atoms with Crippen molar-refractivity contribution in [2.45, 2.75) is 13.3 Å². The number of nitrogens with one attached hydrogen (secondary N) is 1. The molecule has 0 unspecified atom stereocenters. The summed E-state index contributed by atoms with van der Waals surface area (Å²) in [6.45, 7) is 1.81. The van der Waals surface area contributed by atoms with E-state index in [-0.39, 0.29) is 23.5 Å². The van der Waals surface area contributed by atoms with Gasteiger partial charge in [-0.25, -0.2) is 0 Å². The van der Waals surface area contributed by atoms with Crippen molar-refractivity contribution in [1.82, 2.24) is 5.16 Å². The van der Waals surface area contributed by atoms with Crippen molar-refractivity contribution in [3.05, 3.63) is 47.9 Å². The summed E-state index contributed by atoms with van der Waals surface area (Å²) < 4.78 is 9.30. The second kappa shape index (κ2) is 6.69. The fraction of sp³-hybridized carbons (Fsp3) is 0.267. The van der Waals surface area contributed by atoms with Crippen LogP contribution in [0.15, 0.2) is 41.1 Å². The number of carbonyl (C=O) groups is 2. The fourth-order valence-corrected chi connectivity index (χ4v) is 1.89. The third-order valence-electron chi connectivity index (χ3n) is 3.03. The highest BCUT2D eigenvalue weighted by molar-refractivity contribution is 6.02. The van der Waals surface area contributed by atoms with E-state index in [2.05, 4.69) is 15.0 Å². The number of esters is 1. The molecule has 0 saturated heterocycles. The number of hydrogen-bond acceptors (Lipinski definition) is 5. The van der Waals surface area contributed by atoms with Gasteiger partial charge < -0.3 is 14.6 Å². The third kappa shape index (κ3) is 3.92. The summed E-state index contributed by atoms with van der Waals surface area (Å²) in [4.78, 5) is 23.1. The molecule has 0 spiro atoms. The van der Waals surface area contributed by atoms with E-state index in [4.69, 9.17) is 4.74 Å². The smallest absolute Gasteiger partial charge is 0.308 e. The molecule has 1 heterocycles. The number of aromatic nitrogens is 1. The lowest BCUT2D eigenvalue weighted by atomic mass is 10.0. The van der Waals surface area contributed by atoms with Gasteiger partial charge in [0.25, 0.3) is 5.91 Å². The van der Waals surface area contributed by atoms with E-state index in [0.29, 0.717) is 12.1 Å². The molecular weight excluding hydrogens is 272 g/mol. The first-order chi connectivity index (χ1) is 10.1. The molecule has 110 valence electrons. The molecule has 21 heavy (non-hydrogen) atoms. The van der Waals surface area contributed by atoms with E-state index in [0.717, 1.165) is 5.56 Å². The average Bonchev–Trinajstić information content (AvgIpc) is 3.02. The predicted molar refractivity (Wildman–Crippen MR) is 75.8 cm³/mol. The molecule has 0 aliphatic heterocycles. The largest absolute Gasteiger partial charge is 0.469 e. The molecule has 2 rings (SSSR count). The molecule has 0 bridgehead atoms. The Balaban J connectivity index is 1.96. The zero-order valence-corrected chi connectivity index (χ0v) is 11.8. The van der Waals surface area contributed by atoms with Crippen LogP contribution in [0.4, 0.5) is 5.69 Å². The first-order valence-electron chi connectivity index (χ1n) is 6.48. The van der Waals surface area contributed by atoms with Crippen molar-refractivity contribution < 1.29 is 18.8 Å². The van der Waals surface area contributed by atoms with Crippen molar-refractivity contribution in [1.29, 1.82) is 0 Å². The van der Waals surface area contributed by atoms with Gasteiger partial charge >= 0.3 is 5.97 Å². The summed E-state index contributed by atoms with van der Waals surface area (Å²) in [6, 6.07) is 8.76. The van der Waals surface area contributed by atoms with Gasteiger partial charge in [-0.15, -0.1) is 0 Å². The summed E-state index contributed by atoms with van der Waals surface area (Å²) in [5.41, 5.74) is 1.86. The number of methoxy groups -OCH3 is 1. The average molecular weight is 288 g/mol. The number of amides is 1. The topological polar surface area (TPSA) is 81.4 Å². The molecular formula is C15H16N2O4. The van der Waals surface area contributed by atoms with Crippen LogP contribution in [0.1, 0.15) is 23.0 Å². The number of rotatable bonds is 5. The molecule has 0 saturated carbocycles. The number of hydrogen-bond donors (Lipinski definition) is 1. The maximum absolute atomic E-state index is 11.8. The van der Waals surface area contributed by atoms with Crippen LogP contribution in [0.3, 0.4) is 0 Å². The Morgan fingerprint density at radius 1 is 1.29 bits per heavy atom. The molecule has 1 aromatic heterocycles. The summed E-state index contributed by atoms with van der Waals surface area (Å²) >= 11 is 0. The molecule has 1 amide bonds. The maximum Gasteiger partial charge on any atom is 0.308 e. The summed E-state index contributed by atoms with van der Waals surface area (Å²) in [5, 5.41) is 6.27. The van der Waals surface area contributed by atoms with Crippen molar-refractivity contribution in [3.8, 4) is 0 Å². The number of anilines is 1. The first kappa shape index (κ1) is 14.8. The second-order valence-corrected chi connectivity index (χ2v) is 4.66. The highest BCUT2D eigenvalue weighted by atomic mass is 16.5. The Bertz CT molecular complexity index is 605. The fourth-order valence-electron chi connectivity index (χ4n) is 1.89. The first-order valence-corrected chi connectivity index (χ1v) is 6.48. The Labute approximate surface area is 122 Å². The Morgan fingerprint density at radius 3 is 2.57 bits per heavy atom. The number of ether oxygens (including phenoxy) is 1. The molecule has 1 aromatic carbocycles. The maximum atomic E-state index is 11.8. The molecule has 1 N–H and O–H groups in total. The van der Waals surface area contributed by atoms with E-state index in [1.807, 2.05) is 19.1 Å². The van der Waals surface area contributed by atoms with E-state index in [1.165, 1.54) is 19.4 Å². The second-order valence-electron chi connectivity index (χ2n) is 4.66. The summed E-state index contributed by atoms with van der Waals surface area (Å²) in [5.74, 6) is -0.775. The van der Waals surface area contributed by atoms with E-state index in [1.54, 1.807) is 12.1 Å². The number of nitrogens with zero attached hydrogens (tertiary/aromatic N) is 1. The van der Waals surface area contributed by atoms with Gasteiger partial charge in [-0.2, -0.15) is 0 Å². The van der Waals surface area contributed by atoms with Crippen molar-refractivity contribution in [3.63, 3.8) is 0 Å². The van der Waals surface area contributed by atoms with E-state index in [9.17, 15) is 9.59 Å². The van der Waals surface area contributed by atoms with Crippen LogP contribution in [0.25, 0.3) is 0 Å².